The second kappa shape index (κ2) is 9.74. The maximum Gasteiger partial charge on any atom is 0.410 e. The lowest BCUT2D eigenvalue weighted by molar-refractivity contribution is -0.000994. The van der Waals surface area contributed by atoms with Crippen molar-refractivity contribution >= 4 is 34.5 Å². The van der Waals surface area contributed by atoms with E-state index in [2.05, 4.69) is 0 Å². The van der Waals surface area contributed by atoms with E-state index in [9.17, 15) is 9.59 Å². The Morgan fingerprint density at radius 3 is 2.56 bits per heavy atom. The van der Waals surface area contributed by atoms with Crippen molar-refractivity contribution in [2.24, 2.45) is 5.92 Å². The zero-order chi connectivity index (χ0) is 22.7. The maximum absolute atomic E-state index is 13.5. The molecular weight excluding hydrogens is 420 g/mol. The summed E-state index contributed by atoms with van der Waals surface area (Å²) in [7, 11) is 0. The van der Waals surface area contributed by atoms with Crippen molar-refractivity contribution in [3.8, 4) is 0 Å². The Morgan fingerprint density at radius 1 is 1.06 bits per heavy atom. The molecule has 32 heavy (non-hydrogen) atoms. The lowest BCUT2D eigenvalue weighted by Gasteiger charge is -2.42. The molecule has 1 saturated carbocycles. The van der Waals surface area contributed by atoms with Gasteiger partial charge in [-0.1, -0.05) is 36.4 Å². The quantitative estimate of drug-likeness (QED) is 0.546. The number of hydrogen-bond donors (Lipinski definition) is 0. The average molecular weight is 455 g/mol. The second-order valence-corrected chi connectivity index (χ2v) is 11.1. The highest BCUT2D eigenvalue weighted by atomic mass is 32.2. The number of hydrogen-bond acceptors (Lipinski definition) is 4. The summed E-state index contributed by atoms with van der Waals surface area (Å²) in [6.45, 7) is 7.25. The standard InChI is InChI=1S/C26H34N2O3S/c1-26(2,3)31-25(30)28-15-14-27(17-21(28)13-16-32-18-19-11-12-19)24(29)23-10-6-8-20-7-4-5-9-22(20)23/h4-10,19,21H,11-18H2,1-3H3. The van der Waals surface area contributed by atoms with Crippen LogP contribution in [0.3, 0.4) is 0 Å². The van der Waals surface area contributed by atoms with Gasteiger partial charge in [-0.25, -0.2) is 4.79 Å². The molecule has 2 aromatic carbocycles. The Kier molecular flexibility index (Phi) is 6.99. The van der Waals surface area contributed by atoms with Crippen LogP contribution in [0.5, 0.6) is 0 Å². The SMILES string of the molecule is CC(C)(C)OC(=O)N1CCN(C(=O)c2cccc3ccccc23)CC1CCSCC1CC1. The molecule has 172 valence electrons. The van der Waals surface area contributed by atoms with Crippen LogP contribution in [0.1, 0.15) is 50.4 Å². The highest BCUT2D eigenvalue weighted by molar-refractivity contribution is 7.99. The van der Waals surface area contributed by atoms with Crippen LogP contribution < -0.4 is 0 Å². The van der Waals surface area contributed by atoms with Gasteiger partial charge in [-0.05, 0) is 74.3 Å². The number of nitrogens with zero attached hydrogens (tertiary/aromatic N) is 2. The molecule has 2 amide bonds. The number of amides is 2. The molecule has 0 aromatic heterocycles. The van der Waals surface area contributed by atoms with Gasteiger partial charge in [0.1, 0.15) is 5.60 Å². The van der Waals surface area contributed by atoms with Gasteiger partial charge in [-0.2, -0.15) is 11.8 Å². The summed E-state index contributed by atoms with van der Waals surface area (Å²) in [5, 5.41) is 2.05. The molecule has 0 bridgehead atoms. The third-order valence-corrected chi connectivity index (χ3v) is 7.30. The molecule has 1 saturated heterocycles. The third kappa shape index (κ3) is 5.77. The molecule has 4 rings (SSSR count). The molecular formula is C26H34N2O3S. The normalized spacial score (nSPS) is 19.3. The molecule has 1 atom stereocenters. The van der Waals surface area contributed by atoms with E-state index in [-0.39, 0.29) is 18.0 Å². The Balaban J connectivity index is 1.47. The highest BCUT2D eigenvalue weighted by Gasteiger charge is 2.35. The molecule has 0 spiro atoms. The van der Waals surface area contributed by atoms with E-state index in [1.165, 1.54) is 18.6 Å². The van der Waals surface area contributed by atoms with Gasteiger partial charge in [-0.15, -0.1) is 0 Å². The number of thioether (sulfide) groups is 1. The lowest BCUT2D eigenvalue weighted by Crippen LogP contribution is -2.57. The average Bonchev–Trinajstić information content (AvgIpc) is 3.59. The van der Waals surface area contributed by atoms with Crippen molar-refractivity contribution in [3.63, 3.8) is 0 Å². The lowest BCUT2D eigenvalue weighted by atomic mass is 10.0. The number of fused-ring (bicyclic) bond motifs is 1. The molecule has 1 unspecified atom stereocenters. The molecule has 2 aromatic rings. The van der Waals surface area contributed by atoms with Crippen LogP contribution in [0, 0.1) is 5.92 Å². The van der Waals surface area contributed by atoms with Gasteiger partial charge in [0.05, 0.1) is 6.04 Å². The summed E-state index contributed by atoms with van der Waals surface area (Å²) < 4.78 is 5.68. The van der Waals surface area contributed by atoms with E-state index >= 15 is 0 Å². The molecule has 2 aliphatic rings. The Labute approximate surface area is 195 Å². The van der Waals surface area contributed by atoms with Crippen LogP contribution in [0.2, 0.25) is 0 Å². The van der Waals surface area contributed by atoms with Gasteiger partial charge in [0.15, 0.2) is 0 Å². The van der Waals surface area contributed by atoms with E-state index in [4.69, 9.17) is 4.74 Å². The molecule has 1 aliphatic heterocycles. The minimum absolute atomic E-state index is 0.0239. The molecule has 0 N–H and O–H groups in total. The van der Waals surface area contributed by atoms with E-state index in [0.29, 0.717) is 19.6 Å². The zero-order valence-electron chi connectivity index (χ0n) is 19.4. The van der Waals surface area contributed by atoms with E-state index < -0.39 is 5.60 Å². The van der Waals surface area contributed by atoms with Gasteiger partial charge < -0.3 is 14.5 Å². The Bertz CT molecular complexity index is 962. The fraction of sp³-hybridized carbons (Fsp3) is 0.538. The van der Waals surface area contributed by atoms with Crippen molar-refractivity contribution in [3.05, 3.63) is 48.0 Å². The largest absolute Gasteiger partial charge is 0.444 e. The minimum Gasteiger partial charge on any atom is -0.444 e. The van der Waals surface area contributed by atoms with Crippen molar-refractivity contribution in [2.45, 2.75) is 51.7 Å². The zero-order valence-corrected chi connectivity index (χ0v) is 20.2. The number of carbonyl (C=O) groups is 2. The summed E-state index contributed by atoms with van der Waals surface area (Å²) >= 11 is 1.97. The monoisotopic (exact) mass is 454 g/mol. The molecule has 0 radical (unpaired) electrons. The van der Waals surface area contributed by atoms with Crippen molar-refractivity contribution in [1.29, 1.82) is 0 Å². The van der Waals surface area contributed by atoms with Crippen LogP contribution in [0.4, 0.5) is 4.79 Å². The van der Waals surface area contributed by atoms with Crippen molar-refractivity contribution in [1.82, 2.24) is 9.80 Å². The first-order chi connectivity index (χ1) is 15.3. The first-order valence-corrected chi connectivity index (χ1v) is 12.8. The molecule has 1 aliphatic carbocycles. The van der Waals surface area contributed by atoms with Crippen LogP contribution in [-0.2, 0) is 4.74 Å². The summed E-state index contributed by atoms with van der Waals surface area (Å²) in [5.41, 5.74) is 0.203. The third-order valence-electron chi connectivity index (χ3n) is 6.06. The minimum atomic E-state index is -0.529. The predicted octanol–water partition coefficient (Wildman–Crippen LogP) is 5.43. The highest BCUT2D eigenvalue weighted by Crippen LogP contribution is 2.33. The van der Waals surface area contributed by atoms with E-state index in [0.717, 1.165) is 34.4 Å². The van der Waals surface area contributed by atoms with E-state index in [1.807, 2.05) is 84.8 Å². The molecule has 5 nitrogen and oxygen atoms in total. The smallest absolute Gasteiger partial charge is 0.410 e. The van der Waals surface area contributed by atoms with E-state index in [1.54, 1.807) is 0 Å². The Morgan fingerprint density at radius 2 is 1.81 bits per heavy atom. The van der Waals surface area contributed by atoms with Gasteiger partial charge in [0, 0.05) is 25.2 Å². The topological polar surface area (TPSA) is 49.9 Å². The van der Waals surface area contributed by atoms with Gasteiger partial charge >= 0.3 is 6.09 Å². The maximum atomic E-state index is 13.5. The van der Waals surface area contributed by atoms with Crippen LogP contribution >= 0.6 is 11.8 Å². The second-order valence-electron chi connectivity index (χ2n) is 9.91. The van der Waals surface area contributed by atoms with Crippen LogP contribution in [-0.4, -0.2) is 64.6 Å². The first kappa shape index (κ1) is 23.0. The summed E-state index contributed by atoms with van der Waals surface area (Å²) in [6, 6.07) is 13.9. The summed E-state index contributed by atoms with van der Waals surface area (Å²) in [6.07, 6.45) is 3.31. The number of piperazine rings is 1. The number of ether oxygens (including phenoxy) is 1. The summed E-state index contributed by atoms with van der Waals surface area (Å²) in [5.74, 6) is 3.13. The Hall–Kier alpha value is -2.21. The number of benzene rings is 2. The summed E-state index contributed by atoms with van der Waals surface area (Å²) in [4.78, 5) is 30.1. The predicted molar refractivity (Wildman–Crippen MR) is 131 cm³/mol. The fourth-order valence-corrected chi connectivity index (χ4v) is 5.46. The van der Waals surface area contributed by atoms with Gasteiger partial charge in [0.25, 0.3) is 5.91 Å². The van der Waals surface area contributed by atoms with Crippen molar-refractivity contribution in [2.75, 3.05) is 31.1 Å². The van der Waals surface area contributed by atoms with Crippen molar-refractivity contribution < 1.29 is 14.3 Å². The van der Waals surface area contributed by atoms with Gasteiger partial charge in [0.2, 0.25) is 0 Å². The first-order valence-electron chi connectivity index (χ1n) is 11.7. The van der Waals surface area contributed by atoms with Gasteiger partial charge in [-0.3, -0.25) is 4.79 Å². The number of rotatable bonds is 6. The molecule has 2 fully saturated rings. The van der Waals surface area contributed by atoms with Crippen LogP contribution in [0.15, 0.2) is 42.5 Å². The molecule has 1 heterocycles. The number of carbonyl (C=O) groups excluding carboxylic acids is 2. The van der Waals surface area contributed by atoms with Crippen LogP contribution in [0.25, 0.3) is 10.8 Å². The fourth-order valence-electron chi connectivity index (χ4n) is 4.18. The molecule has 6 heteroatoms.